The van der Waals surface area contributed by atoms with E-state index in [0.29, 0.717) is 32.0 Å². The summed E-state index contributed by atoms with van der Waals surface area (Å²) in [5.41, 5.74) is 2.22. The van der Waals surface area contributed by atoms with E-state index in [4.69, 9.17) is 0 Å². The predicted octanol–water partition coefficient (Wildman–Crippen LogP) is 2.03. The van der Waals surface area contributed by atoms with Crippen molar-refractivity contribution in [3.63, 3.8) is 0 Å². The Labute approximate surface area is 156 Å². The van der Waals surface area contributed by atoms with Gasteiger partial charge in [0.2, 0.25) is 5.91 Å². The summed E-state index contributed by atoms with van der Waals surface area (Å²) in [6, 6.07) is 7.52. The first-order chi connectivity index (χ1) is 12.3. The van der Waals surface area contributed by atoms with Crippen molar-refractivity contribution in [2.24, 2.45) is 5.92 Å². The molecule has 1 fully saturated rings. The number of aryl methyl sites for hydroxylation is 1. The molecule has 0 bridgehead atoms. The molecule has 2 atom stereocenters. The fourth-order valence-corrected chi connectivity index (χ4v) is 3.14. The molecular weight excluding hydrogens is 328 g/mol. The summed E-state index contributed by atoms with van der Waals surface area (Å²) in [5.74, 6) is 0.333. The van der Waals surface area contributed by atoms with Gasteiger partial charge in [-0.05, 0) is 31.7 Å². The quantitative estimate of drug-likeness (QED) is 0.727. The van der Waals surface area contributed by atoms with Crippen molar-refractivity contribution < 1.29 is 9.59 Å². The van der Waals surface area contributed by atoms with Crippen LogP contribution in [-0.2, 0) is 11.3 Å². The molecule has 1 aliphatic rings. The van der Waals surface area contributed by atoms with E-state index >= 15 is 0 Å². The smallest absolute Gasteiger partial charge is 0.315 e. The normalized spacial score (nSPS) is 18.5. The molecule has 6 heteroatoms. The van der Waals surface area contributed by atoms with E-state index < -0.39 is 6.04 Å². The van der Waals surface area contributed by atoms with E-state index in [1.807, 2.05) is 36.1 Å². The van der Waals surface area contributed by atoms with Crippen LogP contribution < -0.4 is 16.0 Å². The molecule has 0 aliphatic carbocycles. The molecule has 0 radical (unpaired) electrons. The molecule has 1 aromatic carbocycles. The third-order valence-electron chi connectivity index (χ3n) is 4.56. The van der Waals surface area contributed by atoms with E-state index in [1.165, 1.54) is 5.56 Å². The summed E-state index contributed by atoms with van der Waals surface area (Å²) in [7, 11) is 0. The van der Waals surface area contributed by atoms with Crippen LogP contribution >= 0.6 is 0 Å². The van der Waals surface area contributed by atoms with Gasteiger partial charge in [0, 0.05) is 32.2 Å². The summed E-state index contributed by atoms with van der Waals surface area (Å²) >= 11 is 0. The number of hydrogen-bond acceptors (Lipinski definition) is 3. The van der Waals surface area contributed by atoms with Crippen molar-refractivity contribution >= 4 is 11.9 Å². The Balaban J connectivity index is 1.92. The van der Waals surface area contributed by atoms with Gasteiger partial charge in [-0.15, -0.1) is 0 Å². The minimum atomic E-state index is -0.488. The second-order valence-corrected chi connectivity index (χ2v) is 7.63. The summed E-state index contributed by atoms with van der Waals surface area (Å²) in [6.45, 7) is 10.8. The Hall–Kier alpha value is -2.08. The van der Waals surface area contributed by atoms with Crippen LogP contribution in [0.25, 0.3) is 0 Å². The molecule has 6 nitrogen and oxygen atoms in total. The minimum absolute atomic E-state index is 0.0116. The molecule has 0 saturated carbocycles. The summed E-state index contributed by atoms with van der Waals surface area (Å²) in [5, 5.41) is 9.07. The average Bonchev–Trinajstić information content (AvgIpc) is 2.59. The average molecular weight is 361 g/mol. The topological polar surface area (TPSA) is 73.5 Å². The molecule has 0 spiro atoms. The van der Waals surface area contributed by atoms with Crippen LogP contribution in [0.15, 0.2) is 24.3 Å². The first-order valence-electron chi connectivity index (χ1n) is 9.47. The number of urea groups is 1. The minimum Gasteiger partial charge on any atom is -0.338 e. The lowest BCUT2D eigenvalue weighted by molar-refractivity contribution is -0.134. The highest BCUT2D eigenvalue weighted by molar-refractivity contribution is 5.87. The van der Waals surface area contributed by atoms with E-state index in [9.17, 15) is 9.59 Å². The van der Waals surface area contributed by atoms with E-state index in [1.54, 1.807) is 0 Å². The van der Waals surface area contributed by atoms with E-state index in [2.05, 4.69) is 36.7 Å². The number of benzene rings is 1. The third-order valence-corrected chi connectivity index (χ3v) is 4.56. The maximum absolute atomic E-state index is 12.9. The lowest BCUT2D eigenvalue weighted by Crippen LogP contribution is -2.57. The van der Waals surface area contributed by atoms with E-state index in [-0.39, 0.29) is 18.0 Å². The zero-order valence-electron chi connectivity index (χ0n) is 16.3. The van der Waals surface area contributed by atoms with Gasteiger partial charge in [0.1, 0.15) is 6.04 Å². The molecule has 2 rings (SSSR count). The van der Waals surface area contributed by atoms with Crippen LogP contribution in [0.3, 0.4) is 0 Å². The SMILES string of the molecule is Cc1ccc(CNC(=O)NC(CC(C)C)C(=O)N2CCNC(C)C2)cc1. The van der Waals surface area contributed by atoms with E-state index in [0.717, 1.165) is 12.1 Å². The van der Waals surface area contributed by atoms with Gasteiger partial charge in [0.15, 0.2) is 0 Å². The standard InChI is InChI=1S/C20H32N4O2/c1-14(2)11-18(19(25)24-10-9-21-16(4)13-24)23-20(26)22-12-17-7-5-15(3)6-8-17/h5-8,14,16,18,21H,9-13H2,1-4H3,(H2,22,23,26). The zero-order chi connectivity index (χ0) is 19.1. The molecule has 26 heavy (non-hydrogen) atoms. The molecule has 1 saturated heterocycles. The van der Waals surface area contributed by atoms with Crippen molar-refractivity contribution in [1.29, 1.82) is 0 Å². The van der Waals surface area contributed by atoms with Gasteiger partial charge in [-0.2, -0.15) is 0 Å². The van der Waals surface area contributed by atoms with Crippen LogP contribution in [0.2, 0.25) is 0 Å². The van der Waals surface area contributed by atoms with Crippen molar-refractivity contribution in [2.45, 2.75) is 52.7 Å². The molecule has 1 aromatic rings. The van der Waals surface area contributed by atoms with Crippen LogP contribution in [0.4, 0.5) is 4.79 Å². The number of carbonyl (C=O) groups is 2. The number of nitrogens with one attached hydrogen (secondary N) is 3. The largest absolute Gasteiger partial charge is 0.338 e. The highest BCUT2D eigenvalue weighted by Crippen LogP contribution is 2.10. The van der Waals surface area contributed by atoms with Crippen molar-refractivity contribution in [3.8, 4) is 0 Å². The predicted molar refractivity (Wildman–Crippen MR) is 104 cm³/mol. The number of piperazine rings is 1. The fourth-order valence-electron chi connectivity index (χ4n) is 3.14. The second-order valence-electron chi connectivity index (χ2n) is 7.63. The summed E-state index contributed by atoms with van der Waals surface area (Å²) in [4.78, 5) is 27.1. The van der Waals surface area contributed by atoms with Crippen LogP contribution in [0, 0.1) is 12.8 Å². The fraction of sp³-hybridized carbons (Fsp3) is 0.600. The van der Waals surface area contributed by atoms with Gasteiger partial charge in [0.25, 0.3) is 0 Å². The number of amides is 3. The Morgan fingerprint density at radius 3 is 2.58 bits per heavy atom. The number of nitrogens with zero attached hydrogens (tertiary/aromatic N) is 1. The molecule has 3 N–H and O–H groups in total. The molecule has 3 amide bonds. The maximum Gasteiger partial charge on any atom is 0.315 e. The Morgan fingerprint density at radius 2 is 1.96 bits per heavy atom. The number of rotatable bonds is 6. The first kappa shape index (κ1) is 20.2. The molecular formula is C20H32N4O2. The van der Waals surface area contributed by atoms with Crippen LogP contribution in [-0.4, -0.2) is 48.6 Å². The monoisotopic (exact) mass is 360 g/mol. The molecule has 1 heterocycles. The van der Waals surface area contributed by atoms with Gasteiger partial charge >= 0.3 is 6.03 Å². The first-order valence-corrected chi connectivity index (χ1v) is 9.47. The zero-order valence-corrected chi connectivity index (χ0v) is 16.3. The lowest BCUT2D eigenvalue weighted by atomic mass is 10.0. The Kier molecular flexibility index (Phi) is 7.45. The lowest BCUT2D eigenvalue weighted by Gasteiger charge is -2.34. The highest BCUT2D eigenvalue weighted by Gasteiger charge is 2.29. The van der Waals surface area contributed by atoms with Gasteiger partial charge in [-0.25, -0.2) is 4.79 Å². The summed E-state index contributed by atoms with van der Waals surface area (Å²) in [6.07, 6.45) is 0.634. The molecule has 2 unspecified atom stereocenters. The van der Waals surface area contributed by atoms with Crippen LogP contribution in [0.1, 0.15) is 38.3 Å². The third kappa shape index (κ3) is 6.33. The summed E-state index contributed by atoms with van der Waals surface area (Å²) < 4.78 is 0. The second kappa shape index (κ2) is 9.57. The molecule has 1 aliphatic heterocycles. The van der Waals surface area contributed by atoms with Crippen molar-refractivity contribution in [3.05, 3.63) is 35.4 Å². The maximum atomic E-state index is 12.9. The number of hydrogen-bond donors (Lipinski definition) is 3. The Morgan fingerprint density at radius 1 is 1.27 bits per heavy atom. The van der Waals surface area contributed by atoms with Gasteiger partial charge in [-0.1, -0.05) is 43.7 Å². The van der Waals surface area contributed by atoms with Gasteiger partial charge in [-0.3, -0.25) is 4.79 Å². The Bertz CT molecular complexity index is 600. The van der Waals surface area contributed by atoms with Crippen molar-refractivity contribution in [1.82, 2.24) is 20.9 Å². The molecule has 144 valence electrons. The highest BCUT2D eigenvalue weighted by atomic mass is 16.2. The molecule has 0 aromatic heterocycles. The van der Waals surface area contributed by atoms with Gasteiger partial charge in [0.05, 0.1) is 0 Å². The van der Waals surface area contributed by atoms with Gasteiger partial charge < -0.3 is 20.9 Å². The van der Waals surface area contributed by atoms with Crippen LogP contribution in [0.5, 0.6) is 0 Å². The number of carbonyl (C=O) groups excluding carboxylic acids is 2. The van der Waals surface area contributed by atoms with Crippen molar-refractivity contribution in [2.75, 3.05) is 19.6 Å².